The zero-order valence-corrected chi connectivity index (χ0v) is 9.19. The molecule has 0 amide bonds. The van der Waals surface area contributed by atoms with Crippen LogP contribution in [-0.4, -0.2) is 6.04 Å². The quantitative estimate of drug-likeness (QED) is 0.781. The summed E-state index contributed by atoms with van der Waals surface area (Å²) in [4.78, 5) is 0. The molecule has 0 aromatic heterocycles. The maximum absolute atomic E-state index is 5.97. The molecule has 1 aliphatic rings. The van der Waals surface area contributed by atoms with E-state index in [4.69, 9.17) is 5.73 Å². The maximum atomic E-state index is 5.97. The normalized spacial score (nSPS) is 15.8. The van der Waals surface area contributed by atoms with E-state index in [0.717, 1.165) is 21.4 Å². The summed E-state index contributed by atoms with van der Waals surface area (Å²) in [7, 11) is 0. The molecule has 0 atom stereocenters. The van der Waals surface area contributed by atoms with E-state index in [1.807, 2.05) is 19.1 Å². The molecule has 3 N–H and O–H groups in total. The second-order valence-corrected chi connectivity index (χ2v) is 4.41. The third-order valence-electron chi connectivity index (χ3n) is 2.39. The zero-order chi connectivity index (χ0) is 9.42. The number of nitrogens with two attached hydrogens (primary N) is 1. The first-order valence-corrected chi connectivity index (χ1v) is 5.29. The lowest BCUT2D eigenvalue weighted by Gasteiger charge is -2.11. The molecule has 1 aromatic carbocycles. The maximum Gasteiger partial charge on any atom is 0.0590 e. The van der Waals surface area contributed by atoms with Crippen molar-refractivity contribution >= 4 is 27.3 Å². The lowest BCUT2D eigenvalue weighted by atomic mass is 10.1. The van der Waals surface area contributed by atoms with Crippen molar-refractivity contribution in [1.82, 2.24) is 0 Å². The molecule has 0 saturated heterocycles. The molecule has 0 heterocycles. The standard InChI is InChI=1S/C10H13BrN2/c1-6-8(11)4-5-9(10(6)12)13-7-2-3-7/h4-5,7,13H,2-3,12H2,1H3. The van der Waals surface area contributed by atoms with Crippen molar-refractivity contribution in [2.75, 3.05) is 11.1 Å². The Hall–Kier alpha value is -0.700. The summed E-state index contributed by atoms with van der Waals surface area (Å²) in [5.41, 5.74) is 9.02. The lowest BCUT2D eigenvalue weighted by Crippen LogP contribution is -2.05. The van der Waals surface area contributed by atoms with Crippen LogP contribution in [0.4, 0.5) is 11.4 Å². The largest absolute Gasteiger partial charge is 0.397 e. The Labute approximate surface area is 86.6 Å². The van der Waals surface area contributed by atoms with Crippen LogP contribution in [0.15, 0.2) is 16.6 Å². The smallest absolute Gasteiger partial charge is 0.0590 e. The molecule has 0 aliphatic heterocycles. The Morgan fingerprint density at radius 2 is 2.15 bits per heavy atom. The first kappa shape index (κ1) is 8.88. The van der Waals surface area contributed by atoms with Crippen LogP contribution in [0.5, 0.6) is 0 Å². The van der Waals surface area contributed by atoms with Crippen LogP contribution in [-0.2, 0) is 0 Å². The van der Waals surface area contributed by atoms with Crippen LogP contribution in [0, 0.1) is 6.92 Å². The van der Waals surface area contributed by atoms with E-state index in [1.165, 1.54) is 12.8 Å². The third kappa shape index (κ3) is 1.80. The summed E-state index contributed by atoms with van der Waals surface area (Å²) in [5, 5.41) is 3.41. The highest BCUT2D eigenvalue weighted by molar-refractivity contribution is 9.10. The molecule has 2 rings (SSSR count). The van der Waals surface area contributed by atoms with Crippen molar-refractivity contribution < 1.29 is 0 Å². The van der Waals surface area contributed by atoms with Crippen LogP contribution < -0.4 is 11.1 Å². The van der Waals surface area contributed by atoms with Gasteiger partial charge in [0.1, 0.15) is 0 Å². The fraction of sp³-hybridized carbons (Fsp3) is 0.400. The molecule has 0 bridgehead atoms. The number of nitrogens with one attached hydrogen (secondary N) is 1. The van der Waals surface area contributed by atoms with Gasteiger partial charge < -0.3 is 11.1 Å². The van der Waals surface area contributed by atoms with Crippen LogP contribution in [0.3, 0.4) is 0 Å². The summed E-state index contributed by atoms with van der Waals surface area (Å²) >= 11 is 3.45. The predicted octanol–water partition coefficient (Wildman–Crippen LogP) is 2.91. The first-order chi connectivity index (χ1) is 6.18. The van der Waals surface area contributed by atoms with Crippen molar-refractivity contribution in [3.05, 3.63) is 22.2 Å². The first-order valence-electron chi connectivity index (χ1n) is 4.49. The van der Waals surface area contributed by atoms with Gasteiger partial charge in [0.25, 0.3) is 0 Å². The summed E-state index contributed by atoms with van der Waals surface area (Å²) in [5.74, 6) is 0. The lowest BCUT2D eigenvalue weighted by molar-refractivity contribution is 1.15. The Bertz CT molecular complexity index is 332. The highest BCUT2D eigenvalue weighted by atomic mass is 79.9. The van der Waals surface area contributed by atoms with E-state index in [0.29, 0.717) is 6.04 Å². The molecule has 1 aromatic rings. The van der Waals surface area contributed by atoms with E-state index in [2.05, 4.69) is 21.2 Å². The van der Waals surface area contributed by atoms with E-state index in [9.17, 15) is 0 Å². The Morgan fingerprint density at radius 3 is 2.77 bits per heavy atom. The molecule has 70 valence electrons. The fourth-order valence-electron chi connectivity index (χ4n) is 1.28. The minimum Gasteiger partial charge on any atom is -0.397 e. The minimum absolute atomic E-state index is 0.655. The number of nitrogen functional groups attached to an aromatic ring is 1. The third-order valence-corrected chi connectivity index (χ3v) is 3.24. The van der Waals surface area contributed by atoms with E-state index >= 15 is 0 Å². The van der Waals surface area contributed by atoms with Crippen molar-refractivity contribution in [3.63, 3.8) is 0 Å². The van der Waals surface area contributed by atoms with Crippen molar-refractivity contribution in [1.29, 1.82) is 0 Å². The Balaban J connectivity index is 2.29. The molecule has 0 spiro atoms. The van der Waals surface area contributed by atoms with Gasteiger partial charge in [-0.25, -0.2) is 0 Å². The van der Waals surface area contributed by atoms with Crippen LogP contribution in [0.1, 0.15) is 18.4 Å². The number of anilines is 2. The molecular formula is C10H13BrN2. The molecule has 13 heavy (non-hydrogen) atoms. The SMILES string of the molecule is Cc1c(Br)ccc(NC2CC2)c1N. The van der Waals surface area contributed by atoms with Crippen molar-refractivity contribution in [2.24, 2.45) is 0 Å². The van der Waals surface area contributed by atoms with Crippen LogP contribution in [0.25, 0.3) is 0 Å². The number of halogens is 1. The summed E-state index contributed by atoms with van der Waals surface area (Å²) < 4.78 is 1.08. The van der Waals surface area contributed by atoms with Gasteiger partial charge in [-0.3, -0.25) is 0 Å². The number of hydrogen-bond acceptors (Lipinski definition) is 2. The van der Waals surface area contributed by atoms with Gasteiger partial charge in [-0.15, -0.1) is 0 Å². The highest BCUT2D eigenvalue weighted by Gasteiger charge is 2.21. The number of benzene rings is 1. The Morgan fingerprint density at radius 1 is 1.46 bits per heavy atom. The zero-order valence-electron chi connectivity index (χ0n) is 7.60. The molecule has 1 fully saturated rings. The summed E-state index contributed by atoms with van der Waals surface area (Å²) in [6.07, 6.45) is 2.54. The van der Waals surface area contributed by atoms with E-state index in [1.54, 1.807) is 0 Å². The van der Waals surface area contributed by atoms with Gasteiger partial charge in [-0.05, 0) is 37.5 Å². The topological polar surface area (TPSA) is 38.0 Å². The van der Waals surface area contributed by atoms with Crippen molar-refractivity contribution in [2.45, 2.75) is 25.8 Å². The monoisotopic (exact) mass is 240 g/mol. The van der Waals surface area contributed by atoms with Gasteiger partial charge in [0.05, 0.1) is 11.4 Å². The molecular weight excluding hydrogens is 228 g/mol. The second-order valence-electron chi connectivity index (χ2n) is 3.55. The average Bonchev–Trinajstić information content (AvgIpc) is 2.90. The van der Waals surface area contributed by atoms with Crippen molar-refractivity contribution in [3.8, 4) is 0 Å². The Kier molecular flexibility index (Phi) is 2.20. The highest BCUT2D eigenvalue weighted by Crippen LogP contribution is 2.32. The van der Waals surface area contributed by atoms with Gasteiger partial charge >= 0.3 is 0 Å². The van der Waals surface area contributed by atoms with Gasteiger partial charge in [0.15, 0.2) is 0 Å². The molecule has 2 nitrogen and oxygen atoms in total. The van der Waals surface area contributed by atoms with Crippen LogP contribution >= 0.6 is 15.9 Å². The molecule has 3 heteroatoms. The number of hydrogen-bond donors (Lipinski definition) is 2. The predicted molar refractivity (Wildman–Crippen MR) is 59.9 cm³/mol. The van der Waals surface area contributed by atoms with E-state index < -0.39 is 0 Å². The molecule has 0 unspecified atom stereocenters. The average molecular weight is 241 g/mol. The summed E-state index contributed by atoms with van der Waals surface area (Å²) in [6.45, 7) is 2.03. The van der Waals surface area contributed by atoms with Gasteiger partial charge in [-0.1, -0.05) is 15.9 Å². The molecule has 0 radical (unpaired) electrons. The summed E-state index contributed by atoms with van der Waals surface area (Å²) in [6, 6.07) is 4.73. The van der Waals surface area contributed by atoms with Crippen LogP contribution in [0.2, 0.25) is 0 Å². The van der Waals surface area contributed by atoms with Gasteiger partial charge in [-0.2, -0.15) is 0 Å². The van der Waals surface area contributed by atoms with Gasteiger partial charge in [0.2, 0.25) is 0 Å². The minimum atomic E-state index is 0.655. The van der Waals surface area contributed by atoms with Gasteiger partial charge in [0, 0.05) is 10.5 Å². The molecule has 1 saturated carbocycles. The second kappa shape index (κ2) is 3.22. The molecule has 1 aliphatic carbocycles. The van der Waals surface area contributed by atoms with E-state index in [-0.39, 0.29) is 0 Å². The fourth-order valence-corrected chi connectivity index (χ4v) is 1.62. The number of rotatable bonds is 2.